The zero-order valence-corrected chi connectivity index (χ0v) is 8.42. The number of hydrogen-bond donors (Lipinski definition) is 1. The summed E-state index contributed by atoms with van der Waals surface area (Å²) in [6, 6.07) is 9.15. The van der Waals surface area contributed by atoms with Gasteiger partial charge in [-0.25, -0.2) is 0 Å². The maximum absolute atomic E-state index is 5.73. The van der Waals surface area contributed by atoms with Gasteiger partial charge < -0.3 is 19.7 Å². The molecular formula is C11H10N2O3. The molecule has 5 nitrogen and oxygen atoms in total. The molecule has 0 aliphatic carbocycles. The largest absolute Gasteiger partial charge is 0.485 e. The van der Waals surface area contributed by atoms with E-state index in [-0.39, 0.29) is 12.0 Å². The molecule has 0 bridgehead atoms. The van der Waals surface area contributed by atoms with Gasteiger partial charge >= 0.3 is 0 Å². The topological polar surface area (TPSA) is 70.5 Å². The first-order valence-electron chi connectivity index (χ1n) is 4.93. The summed E-state index contributed by atoms with van der Waals surface area (Å²) in [5.74, 6) is 1.73. The summed E-state index contributed by atoms with van der Waals surface area (Å²) in [6.07, 6.45) is -0.268. The summed E-state index contributed by atoms with van der Waals surface area (Å²) in [5.41, 5.74) is 6.10. The van der Waals surface area contributed by atoms with E-state index < -0.39 is 0 Å². The lowest BCUT2D eigenvalue weighted by Crippen LogP contribution is -2.21. The van der Waals surface area contributed by atoms with E-state index in [0.717, 1.165) is 5.75 Å². The number of para-hydroxylation sites is 2. The number of benzene rings is 1. The van der Waals surface area contributed by atoms with Crippen molar-refractivity contribution in [1.82, 2.24) is 5.16 Å². The lowest BCUT2D eigenvalue weighted by Gasteiger charge is -2.24. The Kier molecular flexibility index (Phi) is 1.96. The number of ether oxygens (including phenoxy) is 2. The zero-order valence-electron chi connectivity index (χ0n) is 8.42. The molecule has 2 N–H and O–H groups in total. The lowest BCUT2D eigenvalue weighted by atomic mass is 10.2. The molecule has 1 aromatic carbocycles. The minimum atomic E-state index is -0.268. The molecule has 1 aliphatic rings. The van der Waals surface area contributed by atoms with Crippen molar-refractivity contribution >= 4 is 5.88 Å². The number of aromatic nitrogens is 1. The second kappa shape index (κ2) is 3.44. The van der Waals surface area contributed by atoms with Gasteiger partial charge in [0, 0.05) is 6.07 Å². The predicted molar refractivity (Wildman–Crippen MR) is 56.2 cm³/mol. The van der Waals surface area contributed by atoms with E-state index in [4.69, 9.17) is 19.7 Å². The number of nitrogen functional groups attached to an aromatic ring is 1. The third-order valence-electron chi connectivity index (χ3n) is 2.39. The van der Waals surface area contributed by atoms with Crippen molar-refractivity contribution in [2.24, 2.45) is 0 Å². The van der Waals surface area contributed by atoms with E-state index in [1.807, 2.05) is 24.3 Å². The van der Waals surface area contributed by atoms with Gasteiger partial charge in [-0.1, -0.05) is 17.3 Å². The molecule has 0 radical (unpaired) electrons. The van der Waals surface area contributed by atoms with E-state index in [1.165, 1.54) is 0 Å². The number of anilines is 1. The summed E-state index contributed by atoms with van der Waals surface area (Å²) < 4.78 is 16.1. The number of rotatable bonds is 1. The first-order chi connectivity index (χ1) is 7.83. The minimum absolute atomic E-state index is 0.268. The summed E-state index contributed by atoms with van der Waals surface area (Å²) in [7, 11) is 0. The van der Waals surface area contributed by atoms with Gasteiger partial charge in [0.1, 0.15) is 12.3 Å². The van der Waals surface area contributed by atoms with Crippen molar-refractivity contribution in [3.05, 3.63) is 36.0 Å². The molecule has 0 spiro atoms. The first kappa shape index (κ1) is 9.08. The van der Waals surface area contributed by atoms with Crippen LogP contribution in [0.5, 0.6) is 11.5 Å². The van der Waals surface area contributed by atoms with E-state index in [9.17, 15) is 0 Å². The highest BCUT2D eigenvalue weighted by atomic mass is 16.6. The maximum atomic E-state index is 5.73. The summed E-state index contributed by atoms with van der Waals surface area (Å²) in [6.45, 7) is 0.406. The number of fused-ring (bicyclic) bond motifs is 1. The SMILES string of the molecule is Nc1cc(C2COc3ccccc3O2)no1. The quantitative estimate of drug-likeness (QED) is 0.789. The maximum Gasteiger partial charge on any atom is 0.222 e. The molecule has 16 heavy (non-hydrogen) atoms. The Hall–Kier alpha value is -2.17. The van der Waals surface area contributed by atoms with E-state index in [2.05, 4.69) is 5.16 Å². The van der Waals surface area contributed by atoms with Crippen LogP contribution in [0, 0.1) is 0 Å². The van der Waals surface area contributed by atoms with Crippen LogP contribution in [0.3, 0.4) is 0 Å². The number of nitrogens with zero attached hydrogens (tertiary/aromatic N) is 1. The van der Waals surface area contributed by atoms with Crippen LogP contribution in [-0.2, 0) is 0 Å². The lowest BCUT2D eigenvalue weighted by molar-refractivity contribution is 0.0858. The van der Waals surface area contributed by atoms with Crippen LogP contribution >= 0.6 is 0 Å². The monoisotopic (exact) mass is 218 g/mol. The van der Waals surface area contributed by atoms with Crippen LogP contribution in [0.1, 0.15) is 11.8 Å². The molecule has 5 heteroatoms. The Morgan fingerprint density at radius 3 is 2.81 bits per heavy atom. The molecule has 2 heterocycles. The second-order valence-corrected chi connectivity index (χ2v) is 3.52. The first-order valence-corrected chi connectivity index (χ1v) is 4.93. The molecule has 3 rings (SSSR count). The van der Waals surface area contributed by atoms with Crippen LogP contribution in [0.2, 0.25) is 0 Å². The number of nitrogens with two attached hydrogens (primary N) is 1. The highest BCUT2D eigenvalue weighted by Crippen LogP contribution is 2.35. The summed E-state index contributed by atoms with van der Waals surface area (Å²) in [4.78, 5) is 0. The van der Waals surface area contributed by atoms with Gasteiger partial charge in [-0.15, -0.1) is 0 Å². The molecule has 2 aromatic rings. The molecule has 1 atom stereocenters. The molecule has 0 fully saturated rings. The summed E-state index contributed by atoms with van der Waals surface area (Å²) in [5, 5.41) is 3.81. The van der Waals surface area contributed by atoms with E-state index >= 15 is 0 Å². The molecule has 1 aromatic heterocycles. The van der Waals surface area contributed by atoms with Crippen molar-refractivity contribution in [2.45, 2.75) is 6.10 Å². The Morgan fingerprint density at radius 2 is 2.06 bits per heavy atom. The smallest absolute Gasteiger partial charge is 0.222 e. The van der Waals surface area contributed by atoms with Gasteiger partial charge in [-0.05, 0) is 12.1 Å². The van der Waals surface area contributed by atoms with Gasteiger partial charge in [0.05, 0.1) is 0 Å². The molecular weight excluding hydrogens is 208 g/mol. The van der Waals surface area contributed by atoms with Crippen molar-refractivity contribution in [2.75, 3.05) is 12.3 Å². The predicted octanol–water partition coefficient (Wildman–Crippen LogP) is 1.77. The van der Waals surface area contributed by atoms with E-state index in [1.54, 1.807) is 6.07 Å². The molecule has 82 valence electrons. The Bertz CT molecular complexity index is 509. The van der Waals surface area contributed by atoms with E-state index in [0.29, 0.717) is 18.1 Å². The van der Waals surface area contributed by atoms with Gasteiger partial charge in [0.15, 0.2) is 17.6 Å². The highest BCUT2D eigenvalue weighted by Gasteiger charge is 2.24. The van der Waals surface area contributed by atoms with Crippen molar-refractivity contribution in [1.29, 1.82) is 0 Å². The third-order valence-corrected chi connectivity index (χ3v) is 2.39. The van der Waals surface area contributed by atoms with Crippen LogP contribution < -0.4 is 15.2 Å². The molecule has 1 unspecified atom stereocenters. The number of hydrogen-bond acceptors (Lipinski definition) is 5. The van der Waals surface area contributed by atoms with Crippen molar-refractivity contribution in [3.8, 4) is 11.5 Å². The van der Waals surface area contributed by atoms with Crippen LogP contribution in [0.15, 0.2) is 34.9 Å². The van der Waals surface area contributed by atoms with Crippen LogP contribution in [0.25, 0.3) is 0 Å². The molecule has 0 saturated heterocycles. The Balaban J connectivity index is 1.88. The zero-order chi connectivity index (χ0) is 11.0. The fourth-order valence-corrected chi connectivity index (χ4v) is 1.62. The highest BCUT2D eigenvalue weighted by molar-refractivity contribution is 5.41. The van der Waals surface area contributed by atoms with Crippen molar-refractivity contribution in [3.63, 3.8) is 0 Å². The summed E-state index contributed by atoms with van der Waals surface area (Å²) >= 11 is 0. The van der Waals surface area contributed by atoms with Gasteiger partial charge in [0.2, 0.25) is 5.88 Å². The fraction of sp³-hybridized carbons (Fsp3) is 0.182. The molecule has 0 amide bonds. The minimum Gasteiger partial charge on any atom is -0.485 e. The second-order valence-electron chi connectivity index (χ2n) is 3.52. The van der Waals surface area contributed by atoms with Gasteiger partial charge in [0.25, 0.3) is 0 Å². The standard InChI is InChI=1S/C11H10N2O3/c12-11-5-7(13-16-11)10-6-14-8-3-1-2-4-9(8)15-10/h1-5,10H,6,12H2. The third kappa shape index (κ3) is 1.46. The average molecular weight is 218 g/mol. The van der Waals surface area contributed by atoms with Gasteiger partial charge in [-0.2, -0.15) is 0 Å². The molecule has 0 saturated carbocycles. The van der Waals surface area contributed by atoms with Crippen molar-refractivity contribution < 1.29 is 14.0 Å². The van der Waals surface area contributed by atoms with Crippen LogP contribution in [-0.4, -0.2) is 11.8 Å². The Labute approximate surface area is 91.7 Å². The van der Waals surface area contributed by atoms with Gasteiger partial charge in [-0.3, -0.25) is 0 Å². The molecule has 1 aliphatic heterocycles. The van der Waals surface area contributed by atoms with Crippen LogP contribution in [0.4, 0.5) is 5.88 Å². The Morgan fingerprint density at radius 1 is 1.25 bits per heavy atom. The average Bonchev–Trinajstić information content (AvgIpc) is 2.75. The normalized spacial score (nSPS) is 18.4. The fourth-order valence-electron chi connectivity index (χ4n) is 1.62.